The SMILES string of the molecule is CCCCCOC(=O)CC1C(=O)NCCN1C(=O)c1cccc([N+](=O)[O-])c1. The van der Waals surface area contributed by atoms with Crippen LogP contribution in [0.5, 0.6) is 0 Å². The number of hydrogen-bond acceptors (Lipinski definition) is 6. The van der Waals surface area contributed by atoms with Gasteiger partial charge in [-0.05, 0) is 12.5 Å². The minimum atomic E-state index is -0.996. The normalized spacial score (nSPS) is 16.6. The van der Waals surface area contributed by atoms with Crippen LogP contribution in [-0.4, -0.2) is 53.3 Å². The van der Waals surface area contributed by atoms with Crippen LogP contribution in [-0.2, 0) is 14.3 Å². The van der Waals surface area contributed by atoms with Crippen molar-refractivity contribution < 1.29 is 24.0 Å². The number of nitro groups is 1. The second-order valence-corrected chi connectivity index (χ2v) is 6.24. The molecule has 1 N–H and O–H groups in total. The zero-order valence-electron chi connectivity index (χ0n) is 15.2. The highest BCUT2D eigenvalue weighted by Crippen LogP contribution is 2.18. The third kappa shape index (κ3) is 5.50. The monoisotopic (exact) mass is 377 g/mol. The highest BCUT2D eigenvalue weighted by molar-refractivity contribution is 5.99. The number of non-ortho nitro benzene ring substituents is 1. The van der Waals surface area contributed by atoms with Gasteiger partial charge in [0.15, 0.2) is 0 Å². The molecule has 0 aromatic heterocycles. The molecule has 1 fully saturated rings. The molecule has 0 spiro atoms. The first kappa shape index (κ1) is 20.3. The number of carbonyl (C=O) groups excluding carboxylic acids is 3. The second kappa shape index (κ2) is 9.65. The van der Waals surface area contributed by atoms with Crippen molar-refractivity contribution in [2.75, 3.05) is 19.7 Å². The van der Waals surface area contributed by atoms with Crippen molar-refractivity contribution in [2.45, 2.75) is 38.6 Å². The lowest BCUT2D eigenvalue weighted by atomic mass is 10.1. The van der Waals surface area contributed by atoms with Crippen molar-refractivity contribution in [3.05, 3.63) is 39.9 Å². The molecule has 1 aromatic rings. The maximum absolute atomic E-state index is 12.8. The summed E-state index contributed by atoms with van der Waals surface area (Å²) in [5.74, 6) is -1.52. The van der Waals surface area contributed by atoms with Crippen LogP contribution in [0.25, 0.3) is 0 Å². The Kier molecular flexibility index (Phi) is 7.27. The van der Waals surface area contributed by atoms with E-state index in [0.717, 1.165) is 25.3 Å². The fraction of sp³-hybridized carbons (Fsp3) is 0.500. The first-order valence-electron chi connectivity index (χ1n) is 8.92. The summed E-state index contributed by atoms with van der Waals surface area (Å²) >= 11 is 0. The number of carbonyl (C=O) groups is 3. The van der Waals surface area contributed by atoms with Gasteiger partial charge in [0.2, 0.25) is 5.91 Å². The highest BCUT2D eigenvalue weighted by atomic mass is 16.6. The number of nitrogens with one attached hydrogen (secondary N) is 1. The van der Waals surface area contributed by atoms with Gasteiger partial charge >= 0.3 is 5.97 Å². The average Bonchev–Trinajstić information content (AvgIpc) is 2.66. The molecule has 1 aliphatic rings. The number of benzene rings is 1. The van der Waals surface area contributed by atoms with Gasteiger partial charge in [0.25, 0.3) is 11.6 Å². The summed E-state index contributed by atoms with van der Waals surface area (Å²) in [5, 5.41) is 13.5. The predicted octanol–water partition coefficient (Wildman–Crippen LogP) is 1.66. The number of nitrogens with zero attached hydrogens (tertiary/aromatic N) is 2. The van der Waals surface area contributed by atoms with Crippen molar-refractivity contribution in [1.29, 1.82) is 0 Å². The van der Waals surface area contributed by atoms with Crippen LogP contribution >= 0.6 is 0 Å². The van der Waals surface area contributed by atoms with Crippen LogP contribution in [0.3, 0.4) is 0 Å². The lowest BCUT2D eigenvalue weighted by molar-refractivity contribution is -0.384. The fourth-order valence-electron chi connectivity index (χ4n) is 2.83. The van der Waals surface area contributed by atoms with Crippen molar-refractivity contribution >= 4 is 23.5 Å². The third-order valence-corrected chi connectivity index (χ3v) is 4.27. The van der Waals surface area contributed by atoms with Crippen LogP contribution < -0.4 is 5.32 Å². The van der Waals surface area contributed by atoms with Crippen LogP contribution in [0.1, 0.15) is 43.0 Å². The zero-order valence-corrected chi connectivity index (χ0v) is 15.2. The van der Waals surface area contributed by atoms with Gasteiger partial charge in [-0.1, -0.05) is 25.8 Å². The van der Waals surface area contributed by atoms with Crippen LogP contribution in [0, 0.1) is 10.1 Å². The number of unbranched alkanes of at least 4 members (excludes halogenated alkanes) is 2. The molecule has 146 valence electrons. The molecular weight excluding hydrogens is 354 g/mol. The second-order valence-electron chi connectivity index (χ2n) is 6.24. The lowest BCUT2D eigenvalue weighted by Gasteiger charge is -2.34. The molecular formula is C18H23N3O6. The molecule has 1 heterocycles. The molecule has 0 radical (unpaired) electrons. The zero-order chi connectivity index (χ0) is 19.8. The molecule has 27 heavy (non-hydrogen) atoms. The van der Waals surface area contributed by atoms with E-state index >= 15 is 0 Å². The molecule has 0 bridgehead atoms. The minimum Gasteiger partial charge on any atom is -0.466 e. The Morgan fingerprint density at radius 1 is 1.37 bits per heavy atom. The summed E-state index contributed by atoms with van der Waals surface area (Å²) in [6.45, 7) is 2.77. The summed E-state index contributed by atoms with van der Waals surface area (Å²) in [7, 11) is 0. The molecule has 1 aliphatic heterocycles. The highest BCUT2D eigenvalue weighted by Gasteiger charge is 2.35. The number of hydrogen-bond donors (Lipinski definition) is 1. The van der Waals surface area contributed by atoms with Crippen LogP contribution in [0.15, 0.2) is 24.3 Å². The standard InChI is InChI=1S/C18H23N3O6/c1-2-3-4-10-27-16(22)12-15-17(23)19-8-9-20(15)18(24)13-6-5-7-14(11-13)21(25)26/h5-7,11,15H,2-4,8-10,12H2,1H3,(H,19,23). The quantitative estimate of drug-likeness (QED) is 0.318. The predicted molar refractivity (Wildman–Crippen MR) is 96.0 cm³/mol. The molecule has 0 saturated carbocycles. The van der Waals surface area contributed by atoms with Crippen molar-refractivity contribution in [2.24, 2.45) is 0 Å². The molecule has 2 amide bonds. The molecule has 1 aromatic carbocycles. The molecule has 9 nitrogen and oxygen atoms in total. The largest absolute Gasteiger partial charge is 0.466 e. The maximum atomic E-state index is 12.8. The van der Waals surface area contributed by atoms with Gasteiger partial charge in [-0.2, -0.15) is 0 Å². The molecule has 0 aliphatic carbocycles. The summed E-state index contributed by atoms with van der Waals surface area (Å²) in [5.41, 5.74) is -0.116. The van der Waals surface area contributed by atoms with Gasteiger partial charge in [-0.3, -0.25) is 24.5 Å². The Hall–Kier alpha value is -2.97. The number of ether oxygens (including phenoxy) is 1. The topological polar surface area (TPSA) is 119 Å². The van der Waals surface area contributed by atoms with Gasteiger partial charge < -0.3 is 15.0 Å². The van der Waals surface area contributed by atoms with E-state index in [-0.39, 0.29) is 37.4 Å². The Morgan fingerprint density at radius 2 is 2.15 bits per heavy atom. The Morgan fingerprint density at radius 3 is 2.85 bits per heavy atom. The van der Waals surface area contributed by atoms with E-state index in [1.807, 2.05) is 6.92 Å². The molecule has 1 atom stereocenters. The summed E-state index contributed by atoms with van der Waals surface area (Å²) in [6.07, 6.45) is 2.43. The Bertz CT molecular complexity index is 721. The number of amides is 2. The van der Waals surface area contributed by atoms with E-state index in [1.165, 1.54) is 23.1 Å². The summed E-state index contributed by atoms with van der Waals surface area (Å²) in [6, 6.07) is 4.30. The lowest BCUT2D eigenvalue weighted by Crippen LogP contribution is -2.57. The van der Waals surface area contributed by atoms with E-state index in [1.54, 1.807) is 0 Å². The van der Waals surface area contributed by atoms with Gasteiger partial charge in [0.1, 0.15) is 6.04 Å². The molecule has 1 saturated heterocycles. The summed E-state index contributed by atoms with van der Waals surface area (Å²) in [4.78, 5) is 48.6. The van der Waals surface area contributed by atoms with Gasteiger partial charge in [-0.15, -0.1) is 0 Å². The van der Waals surface area contributed by atoms with Crippen molar-refractivity contribution in [3.8, 4) is 0 Å². The third-order valence-electron chi connectivity index (χ3n) is 4.27. The number of piperazine rings is 1. The van der Waals surface area contributed by atoms with Gasteiger partial charge in [0.05, 0.1) is 18.0 Å². The van der Waals surface area contributed by atoms with Gasteiger partial charge in [0, 0.05) is 30.8 Å². The molecule has 1 unspecified atom stereocenters. The number of esters is 1. The van der Waals surface area contributed by atoms with Crippen molar-refractivity contribution in [1.82, 2.24) is 10.2 Å². The van der Waals surface area contributed by atoms with Crippen LogP contribution in [0.2, 0.25) is 0 Å². The number of rotatable bonds is 8. The Labute approximate surface area is 156 Å². The van der Waals surface area contributed by atoms with Crippen LogP contribution in [0.4, 0.5) is 5.69 Å². The molecule has 9 heteroatoms. The Balaban J connectivity index is 2.09. The maximum Gasteiger partial charge on any atom is 0.308 e. The smallest absolute Gasteiger partial charge is 0.308 e. The van der Waals surface area contributed by atoms with E-state index in [2.05, 4.69) is 5.32 Å². The number of nitro benzene ring substituents is 1. The van der Waals surface area contributed by atoms with E-state index in [4.69, 9.17) is 4.74 Å². The van der Waals surface area contributed by atoms with Crippen molar-refractivity contribution in [3.63, 3.8) is 0 Å². The first-order valence-corrected chi connectivity index (χ1v) is 8.92. The van der Waals surface area contributed by atoms with E-state index in [0.29, 0.717) is 0 Å². The fourth-order valence-corrected chi connectivity index (χ4v) is 2.83. The van der Waals surface area contributed by atoms with E-state index in [9.17, 15) is 24.5 Å². The summed E-state index contributed by atoms with van der Waals surface area (Å²) < 4.78 is 5.13. The minimum absolute atomic E-state index is 0.0974. The first-order chi connectivity index (χ1) is 12.9. The van der Waals surface area contributed by atoms with E-state index < -0.39 is 28.7 Å². The van der Waals surface area contributed by atoms with Gasteiger partial charge in [-0.25, -0.2) is 0 Å². The average molecular weight is 377 g/mol. The molecule has 2 rings (SSSR count).